The summed E-state index contributed by atoms with van der Waals surface area (Å²) in [5.41, 5.74) is 5.80. The van der Waals surface area contributed by atoms with E-state index < -0.39 is 20.0 Å². The Hall–Kier alpha value is -3.84. The van der Waals surface area contributed by atoms with Gasteiger partial charge in [-0.2, -0.15) is 8.61 Å². The van der Waals surface area contributed by atoms with E-state index in [0.717, 1.165) is 33.4 Å². The Morgan fingerprint density at radius 2 is 0.949 bits per heavy atom. The van der Waals surface area contributed by atoms with Gasteiger partial charge in [0.15, 0.2) is 0 Å². The molecule has 426 valence electrons. The van der Waals surface area contributed by atoms with Gasteiger partial charge in [-0.25, -0.2) is 26.4 Å². The van der Waals surface area contributed by atoms with E-state index in [9.17, 15) is 26.4 Å². The van der Waals surface area contributed by atoms with E-state index >= 15 is 0 Å². The van der Waals surface area contributed by atoms with Gasteiger partial charge >= 0.3 is 12.1 Å². The Morgan fingerprint density at radius 1 is 0.538 bits per heavy atom. The van der Waals surface area contributed by atoms with Crippen LogP contribution in [0.15, 0.2) is 82.6 Å². The normalized spacial score (nSPS) is 20.3. The standard InChI is InChI=1S/C54H70Cl4N8O10S2/c1-63-33-47(45-27-39(55)29-51(57)49(45)35-63)37-7-5-9-43(25-37)77(69,70)65-17-11-41(31-65)75-23-21-73-19-15-61-53(67)59-13-3-4-14-60-54(68)62-16-20-74-22-24-76-42-12-18-66(32-42)78(71,72)44-10-6-8-38(26-44)48-34-64(2)36-50-46(48)28-40(56)30-52(50)58/h5-10,25-30,41-42,47-48H,3-4,11-24,31-36H2,1-2H3,(H2,59,61,67)(H2,60,62,68)/t41-,42-,47+,48?/m1/s1. The zero-order chi connectivity index (χ0) is 55.4. The molecule has 4 heterocycles. The van der Waals surface area contributed by atoms with E-state index in [1.54, 1.807) is 48.5 Å². The number of benzene rings is 4. The number of rotatable bonds is 25. The molecule has 4 aliphatic rings. The Labute approximate surface area is 478 Å². The number of likely N-dealkylation sites (N-methyl/N-ethyl adjacent to an activating group) is 2. The summed E-state index contributed by atoms with van der Waals surface area (Å²) in [6, 6.07) is 20.9. The molecule has 4 amide bonds. The van der Waals surface area contributed by atoms with Crippen molar-refractivity contribution in [1.82, 2.24) is 39.7 Å². The van der Waals surface area contributed by atoms with Crippen LogP contribution in [-0.4, -0.2) is 179 Å². The molecular formula is C54H70Cl4N8O10S2. The van der Waals surface area contributed by atoms with Gasteiger partial charge in [-0.15, -0.1) is 0 Å². The molecule has 0 saturated carbocycles. The number of halogens is 4. The Bertz CT molecular complexity index is 2750. The molecule has 4 aliphatic heterocycles. The Morgan fingerprint density at radius 3 is 1.37 bits per heavy atom. The van der Waals surface area contributed by atoms with Crippen molar-refractivity contribution in [1.29, 1.82) is 0 Å². The number of sulfonamides is 2. The second-order valence-corrected chi connectivity index (χ2v) is 25.7. The summed E-state index contributed by atoms with van der Waals surface area (Å²) in [6.07, 6.45) is 1.94. The second kappa shape index (κ2) is 28.2. The fourth-order valence-electron chi connectivity index (χ4n) is 10.5. The van der Waals surface area contributed by atoms with Gasteiger partial charge in [-0.3, -0.25) is 0 Å². The molecule has 24 heteroatoms. The van der Waals surface area contributed by atoms with E-state index in [1.165, 1.54) is 8.61 Å². The average Bonchev–Trinajstić information content (AvgIpc) is 4.16. The van der Waals surface area contributed by atoms with Crippen LogP contribution in [0, 0.1) is 0 Å². The van der Waals surface area contributed by atoms with E-state index in [4.69, 9.17) is 65.4 Å². The van der Waals surface area contributed by atoms with E-state index in [1.807, 2.05) is 38.4 Å². The van der Waals surface area contributed by atoms with Crippen molar-refractivity contribution in [2.75, 3.05) is 119 Å². The maximum absolute atomic E-state index is 13.8. The predicted molar refractivity (Wildman–Crippen MR) is 302 cm³/mol. The molecule has 0 aliphatic carbocycles. The zero-order valence-electron chi connectivity index (χ0n) is 44.0. The molecule has 2 fully saturated rings. The summed E-state index contributed by atoms with van der Waals surface area (Å²) >= 11 is 25.9. The van der Waals surface area contributed by atoms with Gasteiger partial charge in [-0.1, -0.05) is 70.7 Å². The van der Waals surface area contributed by atoms with Crippen LogP contribution >= 0.6 is 46.4 Å². The van der Waals surface area contributed by atoms with Crippen LogP contribution in [0.25, 0.3) is 0 Å². The van der Waals surface area contributed by atoms with Gasteiger partial charge in [0.25, 0.3) is 0 Å². The first-order valence-electron chi connectivity index (χ1n) is 26.4. The molecule has 18 nitrogen and oxygen atoms in total. The lowest BCUT2D eigenvalue weighted by Gasteiger charge is -2.33. The Kier molecular flexibility index (Phi) is 21.8. The third-order valence-electron chi connectivity index (χ3n) is 14.4. The molecule has 0 radical (unpaired) electrons. The summed E-state index contributed by atoms with van der Waals surface area (Å²) in [5.74, 6) is -0.169. The summed E-state index contributed by atoms with van der Waals surface area (Å²) in [5, 5.41) is 13.4. The fourth-order valence-corrected chi connectivity index (χ4v) is 14.7. The first-order chi connectivity index (χ1) is 37.5. The minimum absolute atomic E-state index is 0.0843. The first-order valence-corrected chi connectivity index (χ1v) is 30.8. The highest BCUT2D eigenvalue weighted by atomic mass is 35.5. The van der Waals surface area contributed by atoms with Gasteiger partial charge in [0.1, 0.15) is 0 Å². The number of carbonyl (C=O) groups excluding carboxylic acids is 2. The van der Waals surface area contributed by atoms with Gasteiger partial charge in [0.2, 0.25) is 20.0 Å². The van der Waals surface area contributed by atoms with Gasteiger partial charge in [0, 0.05) is 110 Å². The lowest BCUT2D eigenvalue weighted by atomic mass is 9.85. The zero-order valence-corrected chi connectivity index (χ0v) is 48.7. The van der Waals surface area contributed by atoms with Crippen molar-refractivity contribution in [2.45, 2.75) is 72.6 Å². The van der Waals surface area contributed by atoms with Crippen molar-refractivity contribution < 1.29 is 45.4 Å². The fraction of sp³-hybridized carbons (Fsp3) is 0.519. The maximum Gasteiger partial charge on any atom is 0.314 e. The SMILES string of the molecule is CN1Cc2c(Cl)cc(Cl)cc2C(c2cccc(S(=O)(=O)N3CC[C@@H](OCCOCCNC(=O)NCCCCNC(=O)NCCOCCO[C@@H]4CCN(S(=O)(=O)c5cccc([C@@H]6CN(C)Cc7c(Cl)cc(Cl)cc76)c5)C4)C3)c2)C1. The van der Waals surface area contributed by atoms with Gasteiger partial charge < -0.3 is 50.0 Å². The highest BCUT2D eigenvalue weighted by Crippen LogP contribution is 2.41. The number of unbranched alkanes of at least 4 members (excludes halogenated alkanes) is 1. The summed E-state index contributed by atoms with van der Waals surface area (Å²) in [4.78, 5) is 29.3. The number of hydrogen-bond acceptors (Lipinski definition) is 12. The highest BCUT2D eigenvalue weighted by Gasteiger charge is 2.36. The number of nitrogens with one attached hydrogen (secondary N) is 4. The lowest BCUT2D eigenvalue weighted by Crippen LogP contribution is -2.39. The number of carbonyl (C=O) groups is 2. The molecule has 4 aromatic carbocycles. The van der Waals surface area contributed by atoms with Gasteiger partial charge in [0.05, 0.1) is 61.6 Å². The number of hydrogen-bond donors (Lipinski definition) is 4. The summed E-state index contributed by atoms with van der Waals surface area (Å²) in [6.45, 7) is 7.17. The van der Waals surface area contributed by atoms with Crippen LogP contribution in [0.1, 0.15) is 70.9 Å². The van der Waals surface area contributed by atoms with E-state index in [0.29, 0.717) is 124 Å². The van der Waals surface area contributed by atoms with Crippen LogP contribution in [0.4, 0.5) is 9.59 Å². The third-order valence-corrected chi connectivity index (χ3v) is 19.2. The number of ether oxygens (including phenoxy) is 4. The molecule has 78 heavy (non-hydrogen) atoms. The second-order valence-electron chi connectivity index (χ2n) is 20.1. The predicted octanol–water partition coefficient (Wildman–Crippen LogP) is 7.13. The number of fused-ring (bicyclic) bond motifs is 2. The minimum Gasteiger partial charge on any atom is -0.377 e. The molecule has 4 N–H and O–H groups in total. The Balaban J connectivity index is 0.608. The van der Waals surface area contributed by atoms with Gasteiger partial charge in [-0.05, 0) is 122 Å². The van der Waals surface area contributed by atoms with Crippen LogP contribution < -0.4 is 21.3 Å². The molecule has 2 saturated heterocycles. The quantitative estimate of drug-likeness (QED) is 0.0491. The molecule has 0 bridgehead atoms. The van der Waals surface area contributed by atoms with Crippen molar-refractivity contribution in [2.24, 2.45) is 0 Å². The van der Waals surface area contributed by atoms with Crippen LogP contribution in [-0.2, 0) is 52.1 Å². The van der Waals surface area contributed by atoms with Crippen molar-refractivity contribution in [3.05, 3.63) is 126 Å². The number of amides is 4. The van der Waals surface area contributed by atoms with Crippen LogP contribution in [0.3, 0.4) is 0 Å². The van der Waals surface area contributed by atoms with Crippen molar-refractivity contribution in [3.63, 3.8) is 0 Å². The maximum atomic E-state index is 13.8. The van der Waals surface area contributed by atoms with Crippen LogP contribution in [0.2, 0.25) is 20.1 Å². The van der Waals surface area contributed by atoms with E-state index in [2.05, 4.69) is 31.1 Å². The number of nitrogens with zero attached hydrogens (tertiary/aromatic N) is 4. The van der Waals surface area contributed by atoms with E-state index in [-0.39, 0.29) is 85.4 Å². The third kappa shape index (κ3) is 16.0. The number of urea groups is 2. The first kappa shape index (κ1) is 60.3. The highest BCUT2D eigenvalue weighted by molar-refractivity contribution is 7.89. The molecule has 0 spiro atoms. The molecule has 4 aromatic rings. The summed E-state index contributed by atoms with van der Waals surface area (Å²) < 4.78 is 81.2. The van der Waals surface area contributed by atoms with Crippen molar-refractivity contribution >= 4 is 78.5 Å². The summed E-state index contributed by atoms with van der Waals surface area (Å²) in [7, 11) is -3.49. The van der Waals surface area contributed by atoms with Crippen molar-refractivity contribution in [3.8, 4) is 0 Å². The van der Waals surface area contributed by atoms with Crippen LogP contribution in [0.5, 0.6) is 0 Å². The monoisotopic (exact) mass is 1190 g/mol. The molecular weight excluding hydrogens is 1130 g/mol. The topological polar surface area (TPSA) is 200 Å². The minimum atomic E-state index is -3.76. The molecule has 1 unspecified atom stereocenters. The molecule has 8 rings (SSSR count). The average molecular weight is 1200 g/mol. The smallest absolute Gasteiger partial charge is 0.314 e. The molecule has 0 aromatic heterocycles. The lowest BCUT2D eigenvalue weighted by molar-refractivity contribution is 0.0123. The largest absolute Gasteiger partial charge is 0.377 e. The molecule has 4 atom stereocenters.